The topological polar surface area (TPSA) is 80.4 Å². The van der Waals surface area contributed by atoms with Crippen molar-refractivity contribution in [1.82, 2.24) is 10.5 Å². The minimum absolute atomic E-state index is 0.0167. The molecule has 6 heteroatoms. The van der Waals surface area contributed by atoms with Crippen LogP contribution in [0.25, 0.3) is 0 Å². The van der Waals surface area contributed by atoms with Crippen LogP contribution in [-0.4, -0.2) is 31.2 Å². The number of amides is 1. The summed E-state index contributed by atoms with van der Waals surface area (Å²) in [5.74, 6) is -0.572. The van der Waals surface area contributed by atoms with Crippen LogP contribution in [-0.2, 0) is 9.57 Å². The van der Waals surface area contributed by atoms with Crippen molar-refractivity contribution in [2.75, 3.05) is 20.3 Å². The summed E-state index contributed by atoms with van der Waals surface area (Å²) in [4.78, 5) is 30.4. The van der Waals surface area contributed by atoms with E-state index >= 15 is 0 Å². The van der Waals surface area contributed by atoms with Gasteiger partial charge in [0.25, 0.3) is 5.91 Å². The Morgan fingerprint density at radius 3 is 2.88 bits per heavy atom. The van der Waals surface area contributed by atoms with Crippen LogP contribution in [0, 0.1) is 6.92 Å². The van der Waals surface area contributed by atoms with Gasteiger partial charge in [-0.05, 0) is 6.92 Å². The number of methoxy groups -OCH3 is 1. The molecule has 0 spiro atoms. The van der Waals surface area contributed by atoms with Crippen LogP contribution in [0.3, 0.4) is 0 Å². The predicted octanol–water partition coefficient (Wildman–Crippen LogP) is -0.00888. The van der Waals surface area contributed by atoms with Crippen LogP contribution in [0.15, 0.2) is 17.1 Å². The lowest BCUT2D eigenvalue weighted by Crippen LogP contribution is -2.29. The van der Waals surface area contributed by atoms with Gasteiger partial charge >= 0.3 is 0 Å². The third kappa shape index (κ3) is 3.48. The third-order valence-electron chi connectivity index (χ3n) is 1.86. The molecule has 6 nitrogen and oxygen atoms in total. The zero-order valence-corrected chi connectivity index (χ0v) is 9.20. The number of aromatic nitrogens is 1. The van der Waals surface area contributed by atoms with Crippen molar-refractivity contribution in [1.29, 1.82) is 0 Å². The Balaban J connectivity index is 2.56. The summed E-state index contributed by atoms with van der Waals surface area (Å²) in [5.41, 5.74) is 2.52. The second-order valence-corrected chi connectivity index (χ2v) is 3.17. The quantitative estimate of drug-likeness (QED) is 0.546. The van der Waals surface area contributed by atoms with E-state index in [2.05, 4.69) is 10.5 Å². The second kappa shape index (κ2) is 6.04. The molecule has 0 bridgehead atoms. The zero-order valence-electron chi connectivity index (χ0n) is 9.20. The molecule has 1 rings (SSSR count). The normalized spacial score (nSPS) is 10.1. The SMILES string of the molecule is COCCONC(=O)c1c[nH]c(C)cc1=O. The zero-order chi connectivity index (χ0) is 12.0. The Morgan fingerprint density at radius 1 is 1.50 bits per heavy atom. The van der Waals surface area contributed by atoms with Crippen LogP contribution in [0.1, 0.15) is 16.1 Å². The fourth-order valence-corrected chi connectivity index (χ4v) is 1.05. The molecule has 0 aliphatic rings. The summed E-state index contributed by atoms with van der Waals surface area (Å²) in [6, 6.07) is 1.35. The number of aromatic amines is 1. The van der Waals surface area contributed by atoms with Gasteiger partial charge in [0.15, 0.2) is 5.43 Å². The number of nitrogens with one attached hydrogen (secondary N) is 2. The highest BCUT2D eigenvalue weighted by atomic mass is 16.7. The van der Waals surface area contributed by atoms with Gasteiger partial charge in [-0.1, -0.05) is 0 Å². The molecule has 0 aliphatic heterocycles. The molecule has 0 aliphatic carbocycles. The number of carbonyl (C=O) groups excluding carboxylic acids is 1. The molecule has 0 saturated carbocycles. The van der Waals surface area contributed by atoms with Crippen molar-refractivity contribution >= 4 is 5.91 Å². The Hall–Kier alpha value is -1.66. The largest absolute Gasteiger partial charge is 0.382 e. The number of rotatable bonds is 5. The van der Waals surface area contributed by atoms with Crippen molar-refractivity contribution in [3.63, 3.8) is 0 Å². The number of hydrogen-bond acceptors (Lipinski definition) is 4. The average molecular weight is 226 g/mol. The van der Waals surface area contributed by atoms with Crippen molar-refractivity contribution in [2.45, 2.75) is 6.92 Å². The third-order valence-corrected chi connectivity index (χ3v) is 1.86. The molecular weight excluding hydrogens is 212 g/mol. The van der Waals surface area contributed by atoms with E-state index in [1.54, 1.807) is 6.92 Å². The predicted molar refractivity (Wildman–Crippen MR) is 57.1 cm³/mol. The molecule has 88 valence electrons. The van der Waals surface area contributed by atoms with E-state index in [4.69, 9.17) is 9.57 Å². The van der Waals surface area contributed by atoms with Crippen LogP contribution in [0.5, 0.6) is 0 Å². The first-order chi connectivity index (χ1) is 7.65. The first-order valence-corrected chi connectivity index (χ1v) is 4.75. The van der Waals surface area contributed by atoms with Gasteiger partial charge in [0, 0.05) is 25.1 Å². The number of hydroxylamine groups is 1. The van der Waals surface area contributed by atoms with Gasteiger partial charge in [0.1, 0.15) is 5.56 Å². The number of pyridine rings is 1. The maximum atomic E-state index is 11.4. The van der Waals surface area contributed by atoms with Gasteiger partial charge in [0.05, 0.1) is 13.2 Å². The van der Waals surface area contributed by atoms with Gasteiger partial charge in [-0.25, -0.2) is 5.48 Å². The standard InChI is InChI=1S/C10H14N2O4/c1-7-5-9(13)8(6-11-7)10(14)12-16-4-3-15-2/h5-6H,3-4H2,1-2H3,(H,11,13)(H,12,14). The monoisotopic (exact) mass is 226 g/mol. The first-order valence-electron chi connectivity index (χ1n) is 4.75. The average Bonchev–Trinajstić information content (AvgIpc) is 2.24. The Labute approximate surface area is 92.5 Å². The molecule has 0 unspecified atom stereocenters. The van der Waals surface area contributed by atoms with E-state index in [9.17, 15) is 9.59 Å². The Kier molecular flexibility index (Phi) is 4.68. The van der Waals surface area contributed by atoms with Gasteiger partial charge < -0.3 is 9.72 Å². The summed E-state index contributed by atoms with van der Waals surface area (Å²) < 4.78 is 4.72. The van der Waals surface area contributed by atoms with Gasteiger partial charge in [-0.15, -0.1) is 0 Å². The van der Waals surface area contributed by atoms with Crippen LogP contribution in [0.2, 0.25) is 0 Å². The molecule has 0 aromatic carbocycles. The maximum absolute atomic E-state index is 11.4. The number of carbonyl (C=O) groups is 1. The smallest absolute Gasteiger partial charge is 0.280 e. The lowest BCUT2D eigenvalue weighted by Gasteiger charge is -2.04. The van der Waals surface area contributed by atoms with E-state index in [0.29, 0.717) is 12.3 Å². The highest BCUT2D eigenvalue weighted by molar-refractivity contribution is 5.92. The lowest BCUT2D eigenvalue weighted by atomic mass is 10.2. The minimum Gasteiger partial charge on any atom is -0.382 e. The molecule has 1 aromatic heterocycles. The summed E-state index contributed by atoms with van der Waals surface area (Å²) in [5, 5.41) is 0. The van der Waals surface area contributed by atoms with Crippen molar-refractivity contribution in [3.05, 3.63) is 33.7 Å². The van der Waals surface area contributed by atoms with E-state index in [-0.39, 0.29) is 17.6 Å². The first kappa shape index (κ1) is 12.4. The second-order valence-electron chi connectivity index (χ2n) is 3.17. The highest BCUT2D eigenvalue weighted by Crippen LogP contribution is 1.92. The van der Waals surface area contributed by atoms with Gasteiger partial charge in [0.2, 0.25) is 0 Å². The highest BCUT2D eigenvalue weighted by Gasteiger charge is 2.09. The Bertz CT molecular complexity index is 414. The summed E-state index contributed by atoms with van der Waals surface area (Å²) in [6.07, 6.45) is 1.35. The fourth-order valence-electron chi connectivity index (χ4n) is 1.05. The lowest BCUT2D eigenvalue weighted by molar-refractivity contribution is 0.00880. The number of hydrogen-bond donors (Lipinski definition) is 2. The molecule has 2 N–H and O–H groups in total. The molecule has 1 heterocycles. The van der Waals surface area contributed by atoms with Gasteiger partial charge in [-0.3, -0.25) is 14.4 Å². The van der Waals surface area contributed by atoms with Crippen molar-refractivity contribution in [2.24, 2.45) is 0 Å². The fraction of sp³-hybridized carbons (Fsp3) is 0.400. The molecule has 16 heavy (non-hydrogen) atoms. The van der Waals surface area contributed by atoms with E-state index in [1.807, 2.05) is 0 Å². The molecule has 1 aromatic rings. The van der Waals surface area contributed by atoms with E-state index < -0.39 is 5.91 Å². The Morgan fingerprint density at radius 2 is 2.25 bits per heavy atom. The van der Waals surface area contributed by atoms with Crippen molar-refractivity contribution < 1.29 is 14.4 Å². The molecule has 0 fully saturated rings. The number of H-pyrrole nitrogens is 1. The molecule has 1 amide bonds. The van der Waals surface area contributed by atoms with Crippen LogP contribution < -0.4 is 10.9 Å². The van der Waals surface area contributed by atoms with Crippen LogP contribution in [0.4, 0.5) is 0 Å². The van der Waals surface area contributed by atoms with Gasteiger partial charge in [-0.2, -0.15) is 0 Å². The summed E-state index contributed by atoms with van der Waals surface area (Å²) in [7, 11) is 1.52. The summed E-state index contributed by atoms with van der Waals surface area (Å²) >= 11 is 0. The molecule has 0 radical (unpaired) electrons. The molecule has 0 atom stereocenters. The van der Waals surface area contributed by atoms with Crippen molar-refractivity contribution in [3.8, 4) is 0 Å². The molecular formula is C10H14N2O4. The van der Waals surface area contributed by atoms with E-state index in [0.717, 1.165) is 0 Å². The number of ether oxygens (including phenoxy) is 1. The molecule has 0 saturated heterocycles. The van der Waals surface area contributed by atoms with Crippen LogP contribution >= 0.6 is 0 Å². The minimum atomic E-state index is -0.572. The van der Waals surface area contributed by atoms with E-state index in [1.165, 1.54) is 19.4 Å². The maximum Gasteiger partial charge on any atom is 0.280 e. The summed E-state index contributed by atoms with van der Waals surface area (Å²) in [6.45, 7) is 2.33. The number of aryl methyl sites for hydroxylation is 1.